The summed E-state index contributed by atoms with van der Waals surface area (Å²) < 4.78 is 16.6. The molecule has 0 spiro atoms. The summed E-state index contributed by atoms with van der Waals surface area (Å²) in [5, 5.41) is 3.16. The summed E-state index contributed by atoms with van der Waals surface area (Å²) >= 11 is 0. The van der Waals surface area contributed by atoms with Crippen molar-refractivity contribution in [2.24, 2.45) is 0 Å². The molecule has 1 aliphatic rings. The number of para-hydroxylation sites is 2. The first-order valence-electron chi connectivity index (χ1n) is 9.47. The third kappa shape index (κ3) is 2.88. The van der Waals surface area contributed by atoms with Gasteiger partial charge >= 0.3 is 0 Å². The molecular formula is C22H24N4O4. The van der Waals surface area contributed by atoms with Gasteiger partial charge in [-0.3, -0.25) is 9.69 Å². The predicted molar refractivity (Wildman–Crippen MR) is 115 cm³/mol. The van der Waals surface area contributed by atoms with Crippen LogP contribution in [0.15, 0.2) is 48.3 Å². The van der Waals surface area contributed by atoms with Crippen LogP contribution in [0.25, 0.3) is 16.6 Å². The fraction of sp³-hybridized carbons (Fsp3) is 0.273. The van der Waals surface area contributed by atoms with E-state index in [-0.39, 0.29) is 5.78 Å². The standard InChI is InChI=1S/C22H24N4O4/c1-22(30-5)19(27)18(20-24-16-8-6-7-9-17(16)25-20)21(23-2)26(22)13-10-14(28-3)12-15(11-13)29-4/h6-12,23H,1-5H3,(H,24,25). The molecule has 30 heavy (non-hydrogen) atoms. The fourth-order valence-electron chi connectivity index (χ4n) is 3.77. The van der Waals surface area contributed by atoms with Gasteiger partial charge in [-0.05, 0) is 19.1 Å². The Bertz CT molecular complexity index is 1100. The highest BCUT2D eigenvalue weighted by Gasteiger charge is 2.52. The maximum absolute atomic E-state index is 13.6. The number of nitrogens with zero attached hydrogens (tertiary/aromatic N) is 2. The van der Waals surface area contributed by atoms with E-state index in [1.165, 1.54) is 7.11 Å². The van der Waals surface area contributed by atoms with Crippen molar-refractivity contribution in [3.05, 3.63) is 54.1 Å². The highest BCUT2D eigenvalue weighted by atomic mass is 16.5. The minimum Gasteiger partial charge on any atom is -0.497 e. The van der Waals surface area contributed by atoms with Crippen molar-refractivity contribution in [2.45, 2.75) is 12.6 Å². The summed E-state index contributed by atoms with van der Waals surface area (Å²) in [7, 11) is 6.43. The minimum atomic E-state index is -1.29. The molecule has 4 rings (SSSR count). The van der Waals surface area contributed by atoms with Crippen LogP contribution in [0, 0.1) is 0 Å². The van der Waals surface area contributed by atoms with Gasteiger partial charge in [-0.2, -0.15) is 0 Å². The number of Topliss-reactive ketones (excluding diaryl/α,β-unsaturated/α-hetero) is 1. The largest absolute Gasteiger partial charge is 0.497 e. The van der Waals surface area contributed by atoms with Gasteiger partial charge in [0.05, 0.1) is 30.9 Å². The number of hydrogen-bond acceptors (Lipinski definition) is 7. The Labute approximate surface area is 174 Å². The Hall–Kier alpha value is -3.52. The summed E-state index contributed by atoms with van der Waals surface area (Å²) in [5.41, 5.74) is 1.44. The van der Waals surface area contributed by atoms with Crippen molar-refractivity contribution >= 4 is 28.1 Å². The number of imidazole rings is 1. The number of carbonyl (C=O) groups is 1. The first-order chi connectivity index (χ1) is 14.5. The summed E-state index contributed by atoms with van der Waals surface area (Å²) in [6.07, 6.45) is 0. The second-order valence-electron chi connectivity index (χ2n) is 7.00. The molecule has 0 aliphatic carbocycles. The first kappa shape index (κ1) is 19.8. The van der Waals surface area contributed by atoms with Gasteiger partial charge in [0.25, 0.3) is 0 Å². The molecule has 2 N–H and O–H groups in total. The van der Waals surface area contributed by atoms with Gasteiger partial charge in [0.15, 0.2) is 0 Å². The van der Waals surface area contributed by atoms with Crippen LogP contribution in [0.4, 0.5) is 5.69 Å². The van der Waals surface area contributed by atoms with Crippen molar-refractivity contribution in [3.63, 3.8) is 0 Å². The number of rotatable bonds is 6. The summed E-state index contributed by atoms with van der Waals surface area (Å²) in [4.78, 5) is 23.3. The monoisotopic (exact) mass is 408 g/mol. The zero-order chi connectivity index (χ0) is 21.5. The number of methoxy groups -OCH3 is 3. The van der Waals surface area contributed by atoms with Gasteiger partial charge in [-0.15, -0.1) is 0 Å². The number of aromatic nitrogens is 2. The summed E-state index contributed by atoms with van der Waals surface area (Å²) in [6.45, 7) is 1.73. The van der Waals surface area contributed by atoms with Crippen LogP contribution in [0.3, 0.4) is 0 Å². The van der Waals surface area contributed by atoms with E-state index in [2.05, 4.69) is 15.3 Å². The summed E-state index contributed by atoms with van der Waals surface area (Å²) in [5.74, 6) is 2.03. The smallest absolute Gasteiger partial charge is 0.222 e. The van der Waals surface area contributed by atoms with Crippen molar-refractivity contribution < 1.29 is 19.0 Å². The molecule has 156 valence electrons. The molecule has 0 saturated carbocycles. The fourth-order valence-corrected chi connectivity index (χ4v) is 3.77. The lowest BCUT2D eigenvalue weighted by Gasteiger charge is -2.36. The van der Waals surface area contributed by atoms with Crippen LogP contribution in [0.1, 0.15) is 12.7 Å². The molecule has 0 bridgehead atoms. The number of carbonyl (C=O) groups excluding carboxylic acids is 1. The van der Waals surface area contributed by atoms with Crippen LogP contribution < -0.4 is 19.7 Å². The molecule has 2 aromatic carbocycles. The molecule has 3 aromatic rings. The molecule has 0 radical (unpaired) electrons. The predicted octanol–water partition coefficient (Wildman–Crippen LogP) is 2.92. The molecule has 0 fully saturated rings. The molecule has 0 amide bonds. The number of hydrogen-bond donors (Lipinski definition) is 2. The van der Waals surface area contributed by atoms with Crippen molar-refractivity contribution in [1.82, 2.24) is 15.3 Å². The minimum absolute atomic E-state index is 0.213. The van der Waals surface area contributed by atoms with E-state index in [1.807, 2.05) is 36.4 Å². The van der Waals surface area contributed by atoms with Crippen LogP contribution in [0.2, 0.25) is 0 Å². The zero-order valence-electron chi connectivity index (χ0n) is 17.6. The molecule has 8 heteroatoms. The quantitative estimate of drug-likeness (QED) is 0.648. The normalized spacial score (nSPS) is 19.0. The average molecular weight is 408 g/mol. The van der Waals surface area contributed by atoms with Crippen LogP contribution >= 0.6 is 0 Å². The second kappa shape index (κ2) is 7.38. The Morgan fingerprint density at radius 1 is 1.07 bits per heavy atom. The van der Waals surface area contributed by atoms with Crippen molar-refractivity contribution in [3.8, 4) is 11.5 Å². The maximum Gasteiger partial charge on any atom is 0.222 e. The Kier molecular flexibility index (Phi) is 4.87. The van der Waals surface area contributed by atoms with E-state index in [0.717, 1.165) is 11.0 Å². The van der Waals surface area contributed by atoms with Crippen LogP contribution in [-0.2, 0) is 9.53 Å². The molecule has 1 atom stereocenters. The Balaban J connectivity index is 1.95. The van der Waals surface area contributed by atoms with E-state index < -0.39 is 5.72 Å². The third-order valence-corrected chi connectivity index (χ3v) is 5.39. The van der Waals surface area contributed by atoms with Gasteiger partial charge in [-0.1, -0.05) is 12.1 Å². The molecular weight excluding hydrogens is 384 g/mol. The third-order valence-electron chi connectivity index (χ3n) is 5.39. The highest BCUT2D eigenvalue weighted by molar-refractivity contribution is 6.29. The van der Waals surface area contributed by atoms with Gasteiger partial charge in [0, 0.05) is 32.4 Å². The lowest BCUT2D eigenvalue weighted by atomic mass is 10.1. The number of anilines is 1. The number of H-pyrrole nitrogens is 1. The van der Waals surface area contributed by atoms with Gasteiger partial charge in [0.2, 0.25) is 11.5 Å². The number of ether oxygens (including phenoxy) is 3. The number of fused-ring (bicyclic) bond motifs is 1. The average Bonchev–Trinajstić information content (AvgIpc) is 3.30. The number of nitrogens with one attached hydrogen (secondary N) is 2. The van der Waals surface area contributed by atoms with Crippen molar-refractivity contribution in [1.29, 1.82) is 0 Å². The van der Waals surface area contributed by atoms with E-state index in [0.29, 0.717) is 34.4 Å². The van der Waals surface area contributed by atoms with E-state index in [1.54, 1.807) is 39.2 Å². The van der Waals surface area contributed by atoms with E-state index in [4.69, 9.17) is 14.2 Å². The van der Waals surface area contributed by atoms with E-state index in [9.17, 15) is 4.79 Å². The molecule has 2 heterocycles. The van der Waals surface area contributed by atoms with Gasteiger partial charge < -0.3 is 24.5 Å². The highest BCUT2D eigenvalue weighted by Crippen LogP contribution is 2.43. The van der Waals surface area contributed by atoms with Crippen LogP contribution in [-0.4, -0.2) is 49.9 Å². The lowest BCUT2D eigenvalue weighted by Crippen LogP contribution is -2.50. The number of benzene rings is 2. The second-order valence-corrected chi connectivity index (χ2v) is 7.00. The van der Waals surface area contributed by atoms with Gasteiger partial charge in [-0.25, -0.2) is 4.98 Å². The van der Waals surface area contributed by atoms with Crippen molar-refractivity contribution in [2.75, 3.05) is 33.3 Å². The molecule has 1 aliphatic heterocycles. The maximum atomic E-state index is 13.6. The topological polar surface area (TPSA) is 88.7 Å². The van der Waals surface area contributed by atoms with Crippen LogP contribution in [0.5, 0.6) is 11.5 Å². The first-order valence-corrected chi connectivity index (χ1v) is 9.47. The van der Waals surface area contributed by atoms with Gasteiger partial charge in [0.1, 0.15) is 28.7 Å². The molecule has 8 nitrogen and oxygen atoms in total. The number of ketones is 1. The summed E-state index contributed by atoms with van der Waals surface area (Å²) in [6, 6.07) is 13.1. The Morgan fingerprint density at radius 2 is 1.73 bits per heavy atom. The zero-order valence-corrected chi connectivity index (χ0v) is 17.6. The SMILES string of the molecule is CNC1=C(c2nc3ccccc3[nH]2)C(=O)C(C)(OC)N1c1cc(OC)cc(OC)c1. The lowest BCUT2D eigenvalue weighted by molar-refractivity contribution is -0.130. The molecule has 0 saturated heterocycles. The van der Waals surface area contributed by atoms with E-state index >= 15 is 0 Å². The molecule has 1 aromatic heterocycles. The Morgan fingerprint density at radius 3 is 2.30 bits per heavy atom. The molecule has 1 unspecified atom stereocenters. The number of aromatic amines is 1.